The molecule has 4 aliphatic heterocycles. The number of hydrogen-bond acceptors (Lipinski definition) is 4. The van der Waals surface area contributed by atoms with Crippen molar-refractivity contribution in [2.24, 2.45) is 0 Å². The topological polar surface area (TPSA) is 40.6 Å². The lowest BCUT2D eigenvalue weighted by Gasteiger charge is -2.34. The molecule has 0 fully saturated rings. The molecule has 6 aromatic rings. The SMILES string of the molecule is CCCCCCCCC1(CCCCCCCC)c2cc(CC)ccc2-c2cc3c(cc21)C1=C2C(=O)N4C=Cc5cc6c(cc5C4=C2C(=O)N1C=C3)C(CCCCCCCC)(CCCCCCCC)c1cc(-c2cc3sc(CC)cc3s2)ccc1-6. The van der Waals surface area contributed by atoms with E-state index in [0.29, 0.717) is 11.1 Å². The maximum absolute atomic E-state index is 15.6. The number of thiophene rings is 2. The molecule has 2 amide bonds. The van der Waals surface area contributed by atoms with Crippen LogP contribution >= 0.6 is 22.7 Å². The highest BCUT2D eigenvalue weighted by Gasteiger charge is 2.52. The minimum atomic E-state index is -0.192. The van der Waals surface area contributed by atoms with Crippen LogP contribution in [-0.2, 0) is 33.3 Å². The van der Waals surface area contributed by atoms with Gasteiger partial charge in [-0.25, -0.2) is 0 Å². The molecule has 0 radical (unpaired) electrons. The number of carbonyl (C=O) groups excluding carboxylic acids is 2. The fourth-order valence-electron chi connectivity index (χ4n) is 16.0. The van der Waals surface area contributed by atoms with E-state index in [1.165, 1.54) is 229 Å². The average molecular weight is 1160 g/mol. The van der Waals surface area contributed by atoms with Crippen molar-refractivity contribution in [3.05, 3.63) is 151 Å². The lowest BCUT2D eigenvalue weighted by atomic mass is 9.69. The largest absolute Gasteiger partial charge is 0.282 e. The summed E-state index contributed by atoms with van der Waals surface area (Å²) in [5, 5.41) is 0. The second-order valence-electron chi connectivity index (χ2n) is 26.0. The standard InChI is InChI=1S/C78H94N2O2S2/c1-7-13-17-21-25-29-39-77(40-30-26-22-18-14-8-2)64-45-53(11-5)33-35-58(64)62-46-54-37-43-79-73(60(54)50-66(62)77)71-72(76(79)82)74-61-51-67-63(47-55(61)38-44-80(74)75(71)81)59-36-34-56(68-52-70-69(84-68)49-57(12-6)83-70)48-65(59)78(67,41-31-27-23-19-15-9-3)42-32-28-24-20-16-10-4/h33-38,43-52H,7-32,39-42H2,1-6H3. The normalized spacial score (nSPS) is 16.2. The third-order valence-electron chi connectivity index (χ3n) is 20.6. The average Bonchev–Trinajstić information content (AvgIpc) is 1.60. The molecule has 0 spiro atoms. The molecule has 4 aromatic carbocycles. The molecule has 0 N–H and O–H groups in total. The summed E-state index contributed by atoms with van der Waals surface area (Å²) < 4.78 is 2.80. The molecule has 2 aliphatic carbocycles. The molecule has 84 heavy (non-hydrogen) atoms. The van der Waals surface area contributed by atoms with Gasteiger partial charge in [-0.1, -0.05) is 226 Å². The van der Waals surface area contributed by atoms with E-state index < -0.39 is 0 Å². The van der Waals surface area contributed by atoms with Crippen molar-refractivity contribution < 1.29 is 9.59 Å². The van der Waals surface area contributed by atoms with Crippen LogP contribution in [0.2, 0.25) is 0 Å². The van der Waals surface area contributed by atoms with Crippen LogP contribution in [-0.4, -0.2) is 21.6 Å². The van der Waals surface area contributed by atoms with E-state index in [1.807, 2.05) is 44.9 Å². The highest BCUT2D eigenvalue weighted by molar-refractivity contribution is 7.29. The van der Waals surface area contributed by atoms with Gasteiger partial charge < -0.3 is 0 Å². The lowest BCUT2D eigenvalue weighted by molar-refractivity contribution is -0.122. The fourth-order valence-corrected chi connectivity index (χ4v) is 18.4. The van der Waals surface area contributed by atoms with Crippen LogP contribution < -0.4 is 0 Å². The summed E-state index contributed by atoms with van der Waals surface area (Å²) in [6.45, 7) is 13.8. The van der Waals surface area contributed by atoms with Crippen molar-refractivity contribution in [3.63, 3.8) is 0 Å². The van der Waals surface area contributed by atoms with Gasteiger partial charge in [0.25, 0.3) is 11.8 Å². The van der Waals surface area contributed by atoms with Crippen LogP contribution in [0.3, 0.4) is 0 Å². The molecule has 0 unspecified atom stereocenters. The molecule has 4 nitrogen and oxygen atoms in total. The van der Waals surface area contributed by atoms with Gasteiger partial charge in [-0.05, 0) is 160 Å². The molecule has 6 heterocycles. The first-order valence-electron chi connectivity index (χ1n) is 33.9. The highest BCUT2D eigenvalue weighted by atomic mass is 32.1. The Morgan fingerprint density at radius 1 is 0.381 bits per heavy atom. The minimum Gasteiger partial charge on any atom is -0.282 e. The Morgan fingerprint density at radius 2 is 0.798 bits per heavy atom. The van der Waals surface area contributed by atoms with E-state index in [4.69, 9.17) is 0 Å². The van der Waals surface area contributed by atoms with Gasteiger partial charge >= 0.3 is 0 Å². The lowest BCUT2D eigenvalue weighted by Crippen LogP contribution is -2.28. The van der Waals surface area contributed by atoms with E-state index in [2.05, 4.69) is 126 Å². The Balaban J connectivity index is 0.980. The van der Waals surface area contributed by atoms with Crippen LogP contribution in [0.15, 0.2) is 96.3 Å². The summed E-state index contributed by atoms with van der Waals surface area (Å²) in [6.07, 6.45) is 45.1. The number of unbranched alkanes of at least 4 members (excludes halogenated alkanes) is 20. The predicted molar refractivity (Wildman–Crippen MR) is 360 cm³/mol. The van der Waals surface area contributed by atoms with E-state index in [9.17, 15) is 0 Å². The zero-order valence-electron chi connectivity index (χ0n) is 52.0. The maximum Gasteiger partial charge on any atom is 0.265 e. The Bertz CT molecular complexity index is 3510. The minimum absolute atomic E-state index is 0.0865. The molecule has 6 heteroatoms. The summed E-state index contributed by atoms with van der Waals surface area (Å²) in [4.78, 5) is 37.7. The third-order valence-corrected chi connectivity index (χ3v) is 23.1. The summed E-state index contributed by atoms with van der Waals surface area (Å²) in [6, 6.07) is 29.5. The highest BCUT2D eigenvalue weighted by Crippen LogP contribution is 2.61. The second-order valence-corrected chi connectivity index (χ2v) is 28.3. The molecular formula is C78H94N2O2S2. The summed E-state index contributed by atoms with van der Waals surface area (Å²) in [5.41, 5.74) is 20.5. The summed E-state index contributed by atoms with van der Waals surface area (Å²) in [5.74, 6) is -0.173. The van der Waals surface area contributed by atoms with Gasteiger partial charge in [-0.3, -0.25) is 19.4 Å². The van der Waals surface area contributed by atoms with Gasteiger partial charge in [0.05, 0.1) is 22.5 Å². The molecule has 440 valence electrons. The first-order chi connectivity index (χ1) is 41.2. The number of nitrogens with zero attached hydrogens (tertiary/aromatic N) is 2. The van der Waals surface area contributed by atoms with Crippen molar-refractivity contribution in [3.8, 4) is 32.7 Å². The number of amides is 2. The monoisotopic (exact) mass is 1150 g/mol. The first-order valence-corrected chi connectivity index (χ1v) is 35.6. The molecule has 0 saturated carbocycles. The maximum atomic E-state index is 15.6. The van der Waals surface area contributed by atoms with E-state index >= 15 is 9.59 Å². The molecular weight excluding hydrogens is 1060 g/mol. The molecule has 0 bridgehead atoms. The number of rotatable bonds is 31. The predicted octanol–water partition coefficient (Wildman–Crippen LogP) is 23.1. The Hall–Kier alpha value is -5.56. The summed E-state index contributed by atoms with van der Waals surface area (Å²) in [7, 11) is 0. The number of aryl methyl sites for hydroxylation is 2. The zero-order valence-corrected chi connectivity index (χ0v) is 53.6. The molecule has 0 saturated heterocycles. The molecule has 0 atom stereocenters. The summed E-state index contributed by atoms with van der Waals surface area (Å²) >= 11 is 3.89. The molecule has 6 aliphatic rings. The van der Waals surface area contributed by atoms with Gasteiger partial charge in [-0.15, -0.1) is 22.7 Å². The molecule has 2 aromatic heterocycles. The van der Waals surface area contributed by atoms with Gasteiger partial charge in [0, 0.05) is 53.5 Å². The van der Waals surface area contributed by atoms with Crippen molar-refractivity contribution in [2.45, 2.75) is 245 Å². The van der Waals surface area contributed by atoms with E-state index in [0.717, 1.165) is 72.2 Å². The van der Waals surface area contributed by atoms with Crippen molar-refractivity contribution >= 4 is 67.4 Å². The van der Waals surface area contributed by atoms with Crippen LogP contribution in [0.5, 0.6) is 0 Å². The number of hydrogen-bond donors (Lipinski definition) is 0. The zero-order chi connectivity index (χ0) is 58.0. The van der Waals surface area contributed by atoms with E-state index in [-0.39, 0.29) is 22.6 Å². The van der Waals surface area contributed by atoms with Crippen molar-refractivity contribution in [1.29, 1.82) is 0 Å². The van der Waals surface area contributed by atoms with Crippen LogP contribution in [0.1, 0.15) is 276 Å². The van der Waals surface area contributed by atoms with Crippen molar-refractivity contribution in [1.82, 2.24) is 9.80 Å². The Kier molecular flexibility index (Phi) is 18.1. The molecule has 12 rings (SSSR count). The number of benzene rings is 4. The van der Waals surface area contributed by atoms with Gasteiger partial charge in [0.15, 0.2) is 0 Å². The van der Waals surface area contributed by atoms with Gasteiger partial charge in [-0.2, -0.15) is 0 Å². The van der Waals surface area contributed by atoms with Gasteiger partial charge in [0.1, 0.15) is 0 Å². The Labute approximate surface area is 512 Å². The number of carbonyl (C=O) groups is 2. The van der Waals surface area contributed by atoms with Crippen molar-refractivity contribution in [2.75, 3.05) is 0 Å². The quantitative estimate of drug-likeness (QED) is 0.0407. The smallest absolute Gasteiger partial charge is 0.265 e. The third kappa shape index (κ3) is 10.6. The van der Waals surface area contributed by atoms with Gasteiger partial charge in [0.2, 0.25) is 0 Å². The van der Waals surface area contributed by atoms with Crippen LogP contribution in [0.25, 0.3) is 65.6 Å². The second kappa shape index (κ2) is 25.8. The Morgan fingerprint density at radius 3 is 1.24 bits per heavy atom. The number of fused-ring (bicyclic) bond motifs is 14. The van der Waals surface area contributed by atoms with E-state index in [1.54, 1.807) is 0 Å². The van der Waals surface area contributed by atoms with Crippen LogP contribution in [0.4, 0.5) is 0 Å². The first kappa shape index (κ1) is 58.8. The van der Waals surface area contributed by atoms with Crippen LogP contribution in [0, 0.1) is 0 Å². The fraction of sp³-hybridized carbons (Fsp3) is 0.487.